The lowest BCUT2D eigenvalue weighted by Crippen LogP contribution is -2.36. The predicted octanol–water partition coefficient (Wildman–Crippen LogP) is 4.92. The summed E-state index contributed by atoms with van der Waals surface area (Å²) < 4.78 is 19.3. The van der Waals surface area contributed by atoms with E-state index in [1.54, 1.807) is 12.1 Å². The van der Waals surface area contributed by atoms with Crippen molar-refractivity contribution in [2.45, 2.75) is 52.0 Å². The number of benzene rings is 1. The fourth-order valence-corrected chi connectivity index (χ4v) is 2.05. The smallest absolute Gasteiger partial charge is 0.141 e. The van der Waals surface area contributed by atoms with E-state index in [2.05, 4.69) is 42.0 Å². The Morgan fingerprint density at radius 3 is 2.50 bits per heavy atom. The average Bonchev–Trinajstić information content (AvgIpc) is 2.35. The van der Waals surface area contributed by atoms with Crippen molar-refractivity contribution in [3.05, 3.63) is 28.5 Å². The van der Waals surface area contributed by atoms with Crippen LogP contribution in [0.2, 0.25) is 0 Å². The highest BCUT2D eigenvalue weighted by molar-refractivity contribution is 9.10. The minimum absolute atomic E-state index is 0.203. The highest BCUT2D eigenvalue weighted by Gasteiger charge is 2.06. The molecule has 1 aromatic rings. The molecule has 114 valence electrons. The first-order valence-corrected chi connectivity index (χ1v) is 8.01. The van der Waals surface area contributed by atoms with Gasteiger partial charge in [0, 0.05) is 11.6 Å². The molecule has 0 radical (unpaired) electrons. The van der Waals surface area contributed by atoms with E-state index in [4.69, 9.17) is 4.74 Å². The van der Waals surface area contributed by atoms with Gasteiger partial charge in [0.1, 0.15) is 11.6 Å². The third kappa shape index (κ3) is 7.85. The maximum Gasteiger partial charge on any atom is 0.141 e. The summed E-state index contributed by atoms with van der Waals surface area (Å²) in [6.45, 7) is 8.24. The molecule has 0 spiro atoms. The molecular weight excluding hydrogens is 321 g/mol. The minimum Gasteiger partial charge on any atom is -0.493 e. The number of unbranched alkanes of at least 4 members (excludes halogenated alkanes) is 3. The molecule has 0 aliphatic carbocycles. The molecule has 4 heteroatoms. The van der Waals surface area contributed by atoms with Crippen molar-refractivity contribution in [2.24, 2.45) is 0 Å². The summed E-state index contributed by atoms with van der Waals surface area (Å²) in [6, 6.07) is 4.86. The Morgan fingerprint density at radius 2 is 1.85 bits per heavy atom. The zero-order valence-electron chi connectivity index (χ0n) is 12.6. The van der Waals surface area contributed by atoms with E-state index in [1.165, 1.54) is 18.9 Å². The number of rotatable bonds is 8. The fourth-order valence-electron chi connectivity index (χ4n) is 1.80. The van der Waals surface area contributed by atoms with Gasteiger partial charge < -0.3 is 10.1 Å². The van der Waals surface area contributed by atoms with Crippen molar-refractivity contribution in [3.8, 4) is 5.75 Å². The number of hydrogen-bond donors (Lipinski definition) is 1. The van der Waals surface area contributed by atoms with Gasteiger partial charge in [-0.2, -0.15) is 0 Å². The highest BCUT2D eigenvalue weighted by atomic mass is 79.9. The SMILES string of the molecule is CC(C)(C)NCCCCCCOc1ccc(Br)c(F)c1. The number of halogens is 2. The van der Waals surface area contributed by atoms with Crippen molar-refractivity contribution in [2.75, 3.05) is 13.2 Å². The van der Waals surface area contributed by atoms with Gasteiger partial charge in [-0.25, -0.2) is 4.39 Å². The van der Waals surface area contributed by atoms with Crippen LogP contribution in [0, 0.1) is 5.82 Å². The van der Waals surface area contributed by atoms with E-state index < -0.39 is 0 Å². The Hall–Kier alpha value is -0.610. The van der Waals surface area contributed by atoms with Gasteiger partial charge in [0.2, 0.25) is 0 Å². The topological polar surface area (TPSA) is 21.3 Å². The molecule has 0 aromatic heterocycles. The summed E-state index contributed by atoms with van der Waals surface area (Å²) in [5.41, 5.74) is 0.203. The standard InChI is InChI=1S/C16H25BrFNO/c1-16(2,3)19-10-6-4-5-7-11-20-13-8-9-14(17)15(18)12-13/h8-9,12,19H,4-7,10-11H2,1-3H3. The maximum atomic E-state index is 13.3. The Labute approximate surface area is 130 Å². The van der Waals surface area contributed by atoms with Gasteiger partial charge in [-0.05, 0) is 68.2 Å². The first kappa shape index (κ1) is 17.4. The van der Waals surface area contributed by atoms with Crippen LogP contribution in [0.4, 0.5) is 4.39 Å². The van der Waals surface area contributed by atoms with Gasteiger partial charge in [0.15, 0.2) is 0 Å². The molecule has 2 nitrogen and oxygen atoms in total. The first-order chi connectivity index (χ1) is 9.38. The van der Waals surface area contributed by atoms with Crippen LogP contribution < -0.4 is 10.1 Å². The zero-order valence-corrected chi connectivity index (χ0v) is 14.2. The lowest BCUT2D eigenvalue weighted by Gasteiger charge is -2.20. The van der Waals surface area contributed by atoms with E-state index in [-0.39, 0.29) is 11.4 Å². The normalized spacial score (nSPS) is 11.7. The van der Waals surface area contributed by atoms with Crippen molar-refractivity contribution in [1.82, 2.24) is 5.32 Å². The van der Waals surface area contributed by atoms with Gasteiger partial charge in [0.05, 0.1) is 11.1 Å². The van der Waals surface area contributed by atoms with E-state index in [9.17, 15) is 4.39 Å². The molecule has 1 rings (SSSR count). The summed E-state index contributed by atoms with van der Waals surface area (Å²) in [7, 11) is 0. The molecule has 1 aromatic carbocycles. The van der Waals surface area contributed by atoms with Crippen molar-refractivity contribution in [3.63, 3.8) is 0 Å². The Morgan fingerprint density at radius 1 is 1.15 bits per heavy atom. The number of ether oxygens (including phenoxy) is 1. The first-order valence-electron chi connectivity index (χ1n) is 7.21. The molecule has 0 bridgehead atoms. The molecule has 0 saturated heterocycles. The van der Waals surface area contributed by atoms with Gasteiger partial charge >= 0.3 is 0 Å². The molecule has 20 heavy (non-hydrogen) atoms. The van der Waals surface area contributed by atoms with Crippen LogP contribution in [0.5, 0.6) is 5.75 Å². The molecule has 0 atom stereocenters. The van der Waals surface area contributed by atoms with Crippen LogP contribution in [0.15, 0.2) is 22.7 Å². The number of hydrogen-bond acceptors (Lipinski definition) is 2. The summed E-state index contributed by atoms with van der Waals surface area (Å²) >= 11 is 3.12. The largest absolute Gasteiger partial charge is 0.493 e. The second kappa shape index (κ2) is 8.63. The number of nitrogens with one attached hydrogen (secondary N) is 1. The molecule has 1 N–H and O–H groups in total. The molecular formula is C16H25BrFNO. The fraction of sp³-hybridized carbons (Fsp3) is 0.625. The van der Waals surface area contributed by atoms with Crippen LogP contribution >= 0.6 is 15.9 Å². The lowest BCUT2D eigenvalue weighted by molar-refractivity contribution is 0.302. The van der Waals surface area contributed by atoms with Crippen LogP contribution in [-0.2, 0) is 0 Å². The Kier molecular flexibility index (Phi) is 7.52. The lowest BCUT2D eigenvalue weighted by atomic mass is 10.1. The van der Waals surface area contributed by atoms with E-state index in [0.29, 0.717) is 16.8 Å². The molecule has 0 saturated carbocycles. The van der Waals surface area contributed by atoms with Crippen LogP contribution in [0.25, 0.3) is 0 Å². The molecule has 0 aliphatic heterocycles. The van der Waals surface area contributed by atoms with Crippen LogP contribution in [0.1, 0.15) is 46.5 Å². The quantitative estimate of drug-likeness (QED) is 0.675. The van der Waals surface area contributed by atoms with Crippen molar-refractivity contribution < 1.29 is 9.13 Å². The Bertz CT molecular complexity index is 404. The predicted molar refractivity (Wildman–Crippen MR) is 85.8 cm³/mol. The average molecular weight is 346 g/mol. The van der Waals surface area contributed by atoms with Gasteiger partial charge in [-0.15, -0.1) is 0 Å². The second-order valence-corrected chi connectivity index (χ2v) is 6.87. The van der Waals surface area contributed by atoms with E-state index >= 15 is 0 Å². The summed E-state index contributed by atoms with van der Waals surface area (Å²) in [5.74, 6) is 0.316. The summed E-state index contributed by atoms with van der Waals surface area (Å²) in [4.78, 5) is 0. The molecule has 0 heterocycles. The van der Waals surface area contributed by atoms with Crippen molar-refractivity contribution in [1.29, 1.82) is 0 Å². The maximum absolute atomic E-state index is 13.3. The van der Waals surface area contributed by atoms with Gasteiger partial charge in [-0.1, -0.05) is 12.8 Å². The zero-order chi connectivity index (χ0) is 15.0. The summed E-state index contributed by atoms with van der Waals surface area (Å²) in [5, 5.41) is 3.47. The Balaban J connectivity index is 2.03. The molecule has 0 unspecified atom stereocenters. The molecule has 0 aliphatic rings. The van der Waals surface area contributed by atoms with Gasteiger partial charge in [-0.3, -0.25) is 0 Å². The molecule has 0 amide bonds. The van der Waals surface area contributed by atoms with Crippen LogP contribution in [0.3, 0.4) is 0 Å². The summed E-state index contributed by atoms with van der Waals surface area (Å²) in [6.07, 6.45) is 4.53. The molecule has 0 fully saturated rings. The third-order valence-electron chi connectivity index (χ3n) is 2.89. The minimum atomic E-state index is -0.282. The van der Waals surface area contributed by atoms with Crippen molar-refractivity contribution >= 4 is 15.9 Å². The highest BCUT2D eigenvalue weighted by Crippen LogP contribution is 2.21. The monoisotopic (exact) mass is 345 g/mol. The van der Waals surface area contributed by atoms with Crippen LogP contribution in [-0.4, -0.2) is 18.7 Å². The van der Waals surface area contributed by atoms with E-state index in [1.807, 2.05) is 0 Å². The second-order valence-electron chi connectivity index (χ2n) is 6.02. The van der Waals surface area contributed by atoms with Gasteiger partial charge in [0.25, 0.3) is 0 Å². The third-order valence-corrected chi connectivity index (χ3v) is 3.53. The van der Waals surface area contributed by atoms with E-state index in [0.717, 1.165) is 19.4 Å².